The van der Waals surface area contributed by atoms with Gasteiger partial charge in [-0.05, 0) is 29.8 Å². The number of aliphatic hydroxyl groups is 2. The Morgan fingerprint density at radius 2 is 1.71 bits per heavy atom. The largest absolute Gasteiger partial charge is 0.395 e. The highest BCUT2D eigenvalue weighted by Gasteiger charge is 2.12. The SMILES string of the molecule is Cl.OCCN(CC(O)COCc1ccc(Cl)cc1)c1ccccc1. The van der Waals surface area contributed by atoms with Gasteiger partial charge in [-0.25, -0.2) is 0 Å². The van der Waals surface area contributed by atoms with E-state index in [0.29, 0.717) is 24.7 Å². The number of anilines is 1. The van der Waals surface area contributed by atoms with E-state index in [0.717, 1.165) is 11.3 Å². The maximum absolute atomic E-state index is 10.2. The van der Waals surface area contributed by atoms with Gasteiger partial charge < -0.3 is 19.8 Å². The molecule has 132 valence electrons. The molecular weight excluding hydrogens is 349 g/mol. The maximum atomic E-state index is 10.2. The topological polar surface area (TPSA) is 52.9 Å². The Bertz CT molecular complexity index is 566. The average molecular weight is 372 g/mol. The summed E-state index contributed by atoms with van der Waals surface area (Å²) in [4.78, 5) is 1.94. The Kier molecular flexibility index (Phi) is 9.76. The lowest BCUT2D eigenvalue weighted by molar-refractivity contribution is 0.0317. The summed E-state index contributed by atoms with van der Waals surface area (Å²) in [5.74, 6) is 0. The second-order valence-electron chi connectivity index (χ2n) is 5.30. The zero-order valence-electron chi connectivity index (χ0n) is 13.3. The number of aliphatic hydroxyl groups excluding tert-OH is 2. The molecule has 0 amide bonds. The number of rotatable bonds is 9. The highest BCUT2D eigenvalue weighted by Crippen LogP contribution is 2.14. The van der Waals surface area contributed by atoms with Crippen molar-refractivity contribution in [2.24, 2.45) is 0 Å². The van der Waals surface area contributed by atoms with E-state index >= 15 is 0 Å². The third-order valence-electron chi connectivity index (χ3n) is 3.41. The van der Waals surface area contributed by atoms with Crippen LogP contribution in [0.4, 0.5) is 5.69 Å². The van der Waals surface area contributed by atoms with E-state index in [9.17, 15) is 10.2 Å². The summed E-state index contributed by atoms with van der Waals surface area (Å²) in [6.45, 7) is 1.58. The minimum Gasteiger partial charge on any atom is -0.395 e. The number of para-hydroxylation sites is 1. The molecule has 0 fully saturated rings. The number of benzene rings is 2. The van der Waals surface area contributed by atoms with Crippen LogP contribution in [0.2, 0.25) is 5.02 Å². The highest BCUT2D eigenvalue weighted by atomic mass is 35.5. The van der Waals surface area contributed by atoms with Crippen LogP contribution in [0.25, 0.3) is 0 Å². The average Bonchev–Trinajstić information content (AvgIpc) is 2.57. The second-order valence-corrected chi connectivity index (χ2v) is 5.74. The van der Waals surface area contributed by atoms with Crippen LogP contribution in [0.5, 0.6) is 0 Å². The van der Waals surface area contributed by atoms with E-state index in [2.05, 4.69) is 0 Å². The number of hydrogen-bond donors (Lipinski definition) is 2. The monoisotopic (exact) mass is 371 g/mol. The Morgan fingerprint density at radius 1 is 1.04 bits per heavy atom. The first-order valence-corrected chi connectivity index (χ1v) is 7.98. The number of nitrogens with zero attached hydrogens (tertiary/aromatic N) is 1. The molecule has 2 aromatic carbocycles. The van der Waals surface area contributed by atoms with Gasteiger partial charge in [0.25, 0.3) is 0 Å². The van der Waals surface area contributed by atoms with E-state index in [-0.39, 0.29) is 25.6 Å². The molecule has 0 aliphatic carbocycles. The van der Waals surface area contributed by atoms with Crippen molar-refractivity contribution in [2.75, 3.05) is 31.2 Å². The molecule has 0 saturated heterocycles. The van der Waals surface area contributed by atoms with Crippen molar-refractivity contribution in [3.05, 3.63) is 65.2 Å². The van der Waals surface area contributed by atoms with Gasteiger partial charge >= 0.3 is 0 Å². The van der Waals surface area contributed by atoms with Gasteiger partial charge in [-0.15, -0.1) is 12.4 Å². The molecule has 1 atom stereocenters. The Hall–Kier alpha value is -1.30. The lowest BCUT2D eigenvalue weighted by atomic mass is 10.2. The normalized spacial score (nSPS) is 11.6. The van der Waals surface area contributed by atoms with Gasteiger partial charge in [-0.2, -0.15) is 0 Å². The van der Waals surface area contributed by atoms with Crippen LogP contribution in [0.15, 0.2) is 54.6 Å². The molecule has 0 aliphatic rings. The van der Waals surface area contributed by atoms with Gasteiger partial charge in [0.1, 0.15) is 0 Å². The molecule has 0 aliphatic heterocycles. The molecule has 0 spiro atoms. The molecule has 0 radical (unpaired) electrons. The minimum absolute atomic E-state index is 0. The van der Waals surface area contributed by atoms with Crippen LogP contribution in [0, 0.1) is 0 Å². The van der Waals surface area contributed by atoms with Gasteiger partial charge in [-0.3, -0.25) is 0 Å². The van der Waals surface area contributed by atoms with Crippen molar-refractivity contribution in [2.45, 2.75) is 12.7 Å². The Morgan fingerprint density at radius 3 is 2.33 bits per heavy atom. The summed E-state index contributed by atoms with van der Waals surface area (Å²) in [5.41, 5.74) is 1.98. The smallest absolute Gasteiger partial charge is 0.0948 e. The van der Waals surface area contributed by atoms with Crippen LogP contribution in [-0.4, -0.2) is 42.6 Å². The van der Waals surface area contributed by atoms with Crippen LogP contribution in [0.3, 0.4) is 0 Å². The van der Waals surface area contributed by atoms with E-state index in [1.807, 2.05) is 59.5 Å². The fourth-order valence-corrected chi connectivity index (χ4v) is 2.41. The van der Waals surface area contributed by atoms with Gasteiger partial charge in [-0.1, -0.05) is 41.9 Å². The molecule has 1 unspecified atom stereocenters. The molecule has 0 aromatic heterocycles. The van der Waals surface area contributed by atoms with Crippen molar-refractivity contribution in [3.63, 3.8) is 0 Å². The zero-order chi connectivity index (χ0) is 16.5. The number of ether oxygens (including phenoxy) is 1. The Labute approximate surface area is 154 Å². The first-order chi connectivity index (χ1) is 11.2. The predicted octanol–water partition coefficient (Wildman–Crippen LogP) is 3.14. The Balaban J connectivity index is 0.00000288. The standard InChI is InChI=1S/C18H22ClNO3.ClH/c19-16-8-6-15(7-9-16)13-23-14-18(22)12-20(10-11-21)17-4-2-1-3-5-17;/h1-9,18,21-22H,10-14H2;1H. The summed E-state index contributed by atoms with van der Waals surface area (Å²) in [6.07, 6.45) is -0.631. The van der Waals surface area contributed by atoms with Crippen molar-refractivity contribution >= 4 is 29.7 Å². The van der Waals surface area contributed by atoms with Crippen molar-refractivity contribution in [1.29, 1.82) is 0 Å². The molecule has 6 heteroatoms. The van der Waals surface area contributed by atoms with Crippen molar-refractivity contribution in [3.8, 4) is 0 Å². The summed E-state index contributed by atoms with van der Waals surface area (Å²) in [6, 6.07) is 17.1. The number of hydrogen-bond acceptors (Lipinski definition) is 4. The van der Waals surface area contributed by atoms with Gasteiger partial charge in [0, 0.05) is 23.8 Å². The molecule has 0 saturated carbocycles. The van der Waals surface area contributed by atoms with Crippen LogP contribution >= 0.6 is 24.0 Å². The summed E-state index contributed by atoms with van der Waals surface area (Å²) < 4.78 is 5.55. The summed E-state index contributed by atoms with van der Waals surface area (Å²) in [7, 11) is 0. The van der Waals surface area contributed by atoms with E-state index < -0.39 is 6.10 Å². The first-order valence-electron chi connectivity index (χ1n) is 7.60. The third-order valence-corrected chi connectivity index (χ3v) is 3.67. The summed E-state index contributed by atoms with van der Waals surface area (Å²) >= 11 is 5.83. The number of halogens is 2. The van der Waals surface area contributed by atoms with Crippen molar-refractivity contribution < 1.29 is 14.9 Å². The van der Waals surface area contributed by atoms with Crippen LogP contribution in [-0.2, 0) is 11.3 Å². The van der Waals surface area contributed by atoms with Gasteiger partial charge in [0.05, 0.1) is 25.9 Å². The second kappa shape index (κ2) is 11.3. The van der Waals surface area contributed by atoms with Gasteiger partial charge in [0.2, 0.25) is 0 Å². The first kappa shape index (κ1) is 20.7. The third kappa shape index (κ3) is 7.07. The molecule has 2 N–H and O–H groups in total. The minimum atomic E-state index is -0.631. The van der Waals surface area contributed by atoms with E-state index in [1.165, 1.54) is 0 Å². The fraction of sp³-hybridized carbons (Fsp3) is 0.333. The lowest BCUT2D eigenvalue weighted by Gasteiger charge is -2.26. The molecule has 4 nitrogen and oxygen atoms in total. The van der Waals surface area contributed by atoms with Crippen LogP contribution < -0.4 is 4.90 Å². The molecule has 2 aromatic rings. The fourth-order valence-electron chi connectivity index (χ4n) is 2.29. The molecule has 0 heterocycles. The van der Waals surface area contributed by atoms with E-state index in [4.69, 9.17) is 16.3 Å². The predicted molar refractivity (Wildman–Crippen MR) is 100 cm³/mol. The molecule has 2 rings (SSSR count). The lowest BCUT2D eigenvalue weighted by Crippen LogP contribution is -2.36. The van der Waals surface area contributed by atoms with Gasteiger partial charge in [0.15, 0.2) is 0 Å². The maximum Gasteiger partial charge on any atom is 0.0948 e. The molecule has 24 heavy (non-hydrogen) atoms. The zero-order valence-corrected chi connectivity index (χ0v) is 14.9. The quantitative estimate of drug-likeness (QED) is 0.710. The molecule has 0 bridgehead atoms. The van der Waals surface area contributed by atoms with Crippen LogP contribution in [0.1, 0.15) is 5.56 Å². The van der Waals surface area contributed by atoms with E-state index in [1.54, 1.807) is 0 Å². The van der Waals surface area contributed by atoms with Crippen molar-refractivity contribution in [1.82, 2.24) is 0 Å². The highest BCUT2D eigenvalue weighted by molar-refractivity contribution is 6.30. The summed E-state index contributed by atoms with van der Waals surface area (Å²) in [5, 5.41) is 20.0. The molecular formula is C18H23Cl2NO3.